The lowest BCUT2D eigenvalue weighted by atomic mass is 9.57. The number of ether oxygens (including phenoxy) is 1. The average Bonchev–Trinajstić information content (AvgIpc) is 3.01. The van der Waals surface area contributed by atoms with Crippen LogP contribution in [0.15, 0.2) is 54.6 Å². The second-order valence-electron chi connectivity index (χ2n) is 8.08. The molecule has 1 N–H and O–H groups in total. The van der Waals surface area contributed by atoms with E-state index in [0.717, 1.165) is 11.1 Å². The van der Waals surface area contributed by atoms with Crippen molar-refractivity contribution in [3.05, 3.63) is 80.8 Å². The molecule has 1 amide bonds. The van der Waals surface area contributed by atoms with Crippen molar-refractivity contribution in [1.29, 1.82) is 0 Å². The van der Waals surface area contributed by atoms with Crippen LogP contribution in [0.5, 0.6) is 0 Å². The lowest BCUT2D eigenvalue weighted by molar-refractivity contribution is -0.127. The van der Waals surface area contributed by atoms with Gasteiger partial charge in [-0.1, -0.05) is 72.1 Å². The van der Waals surface area contributed by atoms with Crippen molar-refractivity contribution in [3.63, 3.8) is 0 Å². The van der Waals surface area contributed by atoms with E-state index < -0.39 is 5.41 Å². The fraction of sp³-hybridized carbons (Fsp3) is 0.375. The van der Waals surface area contributed by atoms with E-state index in [0.29, 0.717) is 28.1 Å². The van der Waals surface area contributed by atoms with Crippen molar-refractivity contribution in [3.8, 4) is 0 Å². The average molecular weight is 465 g/mol. The molecule has 2 aromatic rings. The van der Waals surface area contributed by atoms with E-state index in [1.165, 1.54) is 0 Å². The molecular weight excluding hydrogens is 441 g/mol. The van der Waals surface area contributed by atoms with Crippen LogP contribution in [0.2, 0.25) is 15.1 Å². The van der Waals surface area contributed by atoms with E-state index in [2.05, 4.69) is 36.5 Å². The highest BCUT2D eigenvalue weighted by atomic mass is 35.5. The van der Waals surface area contributed by atoms with Gasteiger partial charge in [0.2, 0.25) is 5.91 Å². The van der Waals surface area contributed by atoms with Gasteiger partial charge in [-0.25, -0.2) is 0 Å². The molecule has 0 radical (unpaired) electrons. The molecule has 1 aliphatic carbocycles. The third kappa shape index (κ3) is 3.56. The van der Waals surface area contributed by atoms with Gasteiger partial charge in [0.05, 0.1) is 18.1 Å². The number of carbonyl (C=O) groups excluding carboxylic acids is 1. The summed E-state index contributed by atoms with van der Waals surface area (Å²) in [6.07, 6.45) is 4.94. The van der Waals surface area contributed by atoms with Crippen molar-refractivity contribution >= 4 is 40.7 Å². The second kappa shape index (κ2) is 8.55. The summed E-state index contributed by atoms with van der Waals surface area (Å²) >= 11 is 19.0. The minimum atomic E-state index is -0.580. The minimum Gasteiger partial charge on any atom is -0.383 e. The number of amides is 1. The Labute approximate surface area is 192 Å². The fourth-order valence-electron chi connectivity index (χ4n) is 5.29. The standard InChI is InChI=1S/C24H24Cl3NO2/c1-3-24-11-10-18(17-9-8-16(26)12-19(17)27)21(14-4-6-15(25)7-5-14)22(24)20(13-30-2)28-23(24)29/h4-12,18,20-22H,3,13H2,1-2H3,(H,28,29)/t18-,20+,21-,22-,24+/m0/s1. The van der Waals surface area contributed by atoms with Gasteiger partial charge in [0.15, 0.2) is 0 Å². The predicted molar refractivity (Wildman–Crippen MR) is 123 cm³/mol. The number of benzene rings is 2. The van der Waals surface area contributed by atoms with E-state index in [-0.39, 0.29) is 29.7 Å². The van der Waals surface area contributed by atoms with E-state index >= 15 is 0 Å². The molecule has 1 saturated heterocycles. The summed E-state index contributed by atoms with van der Waals surface area (Å²) in [7, 11) is 1.67. The molecule has 1 fully saturated rings. The van der Waals surface area contributed by atoms with Gasteiger partial charge in [-0.3, -0.25) is 4.79 Å². The molecule has 3 nitrogen and oxygen atoms in total. The molecule has 4 rings (SSSR count). The monoisotopic (exact) mass is 463 g/mol. The number of fused-ring (bicyclic) bond motifs is 1. The zero-order chi connectivity index (χ0) is 21.5. The van der Waals surface area contributed by atoms with Crippen LogP contribution in [0.25, 0.3) is 0 Å². The molecule has 0 unspecified atom stereocenters. The molecule has 0 spiro atoms. The molecule has 1 aliphatic heterocycles. The quantitative estimate of drug-likeness (QED) is 0.532. The molecular formula is C24H24Cl3NO2. The van der Waals surface area contributed by atoms with Gasteiger partial charge in [0, 0.05) is 39.9 Å². The Morgan fingerprint density at radius 3 is 2.40 bits per heavy atom. The van der Waals surface area contributed by atoms with E-state index in [9.17, 15) is 4.79 Å². The maximum Gasteiger partial charge on any atom is 0.230 e. The molecule has 0 bridgehead atoms. The van der Waals surface area contributed by atoms with Crippen LogP contribution in [0, 0.1) is 11.3 Å². The Morgan fingerprint density at radius 1 is 1.07 bits per heavy atom. The highest BCUT2D eigenvalue weighted by Crippen LogP contribution is 2.57. The molecule has 1 heterocycles. The van der Waals surface area contributed by atoms with Crippen molar-refractivity contribution in [2.45, 2.75) is 31.2 Å². The first-order valence-electron chi connectivity index (χ1n) is 10.1. The van der Waals surface area contributed by atoms with Gasteiger partial charge < -0.3 is 10.1 Å². The molecule has 0 saturated carbocycles. The highest BCUT2D eigenvalue weighted by molar-refractivity contribution is 6.35. The Balaban J connectivity index is 1.92. The zero-order valence-electron chi connectivity index (χ0n) is 16.9. The largest absolute Gasteiger partial charge is 0.383 e. The SMILES string of the molecule is CC[C@@]12C=C[C@@H](c3ccc(Cl)cc3Cl)[C@H](c3ccc(Cl)cc3)[C@@H]1[C@@H](COC)NC2=O. The lowest BCUT2D eigenvalue weighted by Crippen LogP contribution is -2.42. The normalized spacial score (nSPS) is 30.2. The fourth-order valence-corrected chi connectivity index (χ4v) is 5.95. The minimum absolute atomic E-state index is 0.00678. The molecule has 30 heavy (non-hydrogen) atoms. The number of methoxy groups -OCH3 is 1. The Hall–Kier alpha value is -1.52. The molecule has 0 aromatic heterocycles. The number of halogens is 3. The lowest BCUT2D eigenvalue weighted by Gasteiger charge is -2.44. The number of rotatable bonds is 5. The third-order valence-corrected chi connectivity index (χ3v) is 7.46. The molecule has 6 heteroatoms. The first-order valence-corrected chi connectivity index (χ1v) is 11.2. The summed E-state index contributed by atoms with van der Waals surface area (Å²) < 4.78 is 5.49. The third-order valence-electron chi connectivity index (χ3n) is 6.65. The number of hydrogen-bond donors (Lipinski definition) is 1. The summed E-state index contributed by atoms with van der Waals surface area (Å²) in [4.78, 5) is 13.1. The summed E-state index contributed by atoms with van der Waals surface area (Å²) in [5.41, 5.74) is 1.54. The Bertz CT molecular complexity index is 975. The zero-order valence-corrected chi connectivity index (χ0v) is 19.1. The molecule has 2 aliphatic rings. The van der Waals surface area contributed by atoms with Gasteiger partial charge in [-0.2, -0.15) is 0 Å². The number of nitrogens with one attached hydrogen (secondary N) is 1. The van der Waals surface area contributed by atoms with Crippen molar-refractivity contribution in [1.82, 2.24) is 5.32 Å². The van der Waals surface area contributed by atoms with E-state index in [1.54, 1.807) is 13.2 Å². The predicted octanol–water partition coefficient (Wildman–Crippen LogP) is 6.24. The van der Waals surface area contributed by atoms with Crippen LogP contribution in [-0.2, 0) is 9.53 Å². The summed E-state index contributed by atoms with van der Waals surface area (Å²) in [6.45, 7) is 2.53. The summed E-state index contributed by atoms with van der Waals surface area (Å²) in [5.74, 6) is 0.0865. The van der Waals surface area contributed by atoms with Crippen LogP contribution >= 0.6 is 34.8 Å². The van der Waals surface area contributed by atoms with Crippen LogP contribution in [0.4, 0.5) is 0 Å². The van der Waals surface area contributed by atoms with Crippen LogP contribution < -0.4 is 5.32 Å². The van der Waals surface area contributed by atoms with Crippen molar-refractivity contribution in [2.75, 3.05) is 13.7 Å². The van der Waals surface area contributed by atoms with Crippen LogP contribution in [-0.4, -0.2) is 25.7 Å². The molecule has 158 valence electrons. The van der Waals surface area contributed by atoms with Crippen molar-refractivity contribution < 1.29 is 9.53 Å². The van der Waals surface area contributed by atoms with Gasteiger partial charge in [-0.15, -0.1) is 0 Å². The van der Waals surface area contributed by atoms with Crippen molar-refractivity contribution in [2.24, 2.45) is 11.3 Å². The molecule has 2 aromatic carbocycles. The highest BCUT2D eigenvalue weighted by Gasteiger charge is 2.58. The number of carbonyl (C=O) groups is 1. The second-order valence-corrected chi connectivity index (χ2v) is 9.36. The van der Waals surface area contributed by atoms with E-state index in [1.807, 2.05) is 24.3 Å². The first-order chi connectivity index (χ1) is 14.4. The maximum atomic E-state index is 13.1. The van der Waals surface area contributed by atoms with Gasteiger partial charge >= 0.3 is 0 Å². The smallest absolute Gasteiger partial charge is 0.230 e. The number of hydrogen-bond acceptors (Lipinski definition) is 2. The van der Waals surface area contributed by atoms with E-state index in [4.69, 9.17) is 39.5 Å². The maximum absolute atomic E-state index is 13.1. The summed E-state index contributed by atoms with van der Waals surface area (Å²) in [5, 5.41) is 5.11. The Kier molecular flexibility index (Phi) is 6.18. The topological polar surface area (TPSA) is 38.3 Å². The van der Waals surface area contributed by atoms with Gasteiger partial charge in [0.1, 0.15) is 0 Å². The first kappa shape index (κ1) is 21.7. The summed E-state index contributed by atoms with van der Waals surface area (Å²) in [6, 6.07) is 13.4. The van der Waals surface area contributed by atoms with Gasteiger partial charge in [0.25, 0.3) is 0 Å². The number of allylic oxidation sites excluding steroid dienone is 1. The van der Waals surface area contributed by atoms with Crippen LogP contribution in [0.3, 0.4) is 0 Å². The van der Waals surface area contributed by atoms with Gasteiger partial charge in [-0.05, 0) is 41.8 Å². The van der Waals surface area contributed by atoms with Crippen LogP contribution in [0.1, 0.15) is 36.3 Å². The Morgan fingerprint density at radius 2 is 1.77 bits per heavy atom. The molecule has 5 atom stereocenters.